The van der Waals surface area contributed by atoms with Crippen molar-refractivity contribution in [1.29, 1.82) is 0 Å². The van der Waals surface area contributed by atoms with E-state index < -0.39 is 0 Å². The van der Waals surface area contributed by atoms with Crippen LogP contribution in [0.1, 0.15) is 52.9 Å². The van der Waals surface area contributed by atoms with Crippen molar-refractivity contribution in [3.63, 3.8) is 0 Å². The van der Waals surface area contributed by atoms with Crippen LogP contribution in [0.25, 0.3) is 0 Å². The normalized spacial score (nSPS) is 25.8. The Bertz CT molecular complexity index is 210. The van der Waals surface area contributed by atoms with Crippen molar-refractivity contribution in [3.8, 4) is 0 Å². The van der Waals surface area contributed by atoms with Crippen LogP contribution < -0.4 is 5.73 Å². The molecule has 17 heavy (non-hydrogen) atoms. The van der Waals surface area contributed by atoms with E-state index in [0.717, 1.165) is 11.8 Å². The first kappa shape index (κ1) is 15.3. The molecular weight excluding hydrogens is 228 g/mol. The summed E-state index contributed by atoms with van der Waals surface area (Å²) in [5.41, 5.74) is 6.29. The predicted molar refractivity (Wildman–Crippen MR) is 79.7 cm³/mol. The summed E-state index contributed by atoms with van der Waals surface area (Å²) in [5.74, 6) is 1.27. The molecular formula is C14H30N2S. The van der Waals surface area contributed by atoms with Crippen LogP contribution in [0, 0.1) is 0 Å². The maximum absolute atomic E-state index is 6.05. The van der Waals surface area contributed by atoms with E-state index in [1.54, 1.807) is 0 Å². The second kappa shape index (κ2) is 7.65. The first-order chi connectivity index (χ1) is 8.12. The highest BCUT2D eigenvalue weighted by Crippen LogP contribution is 2.28. The molecule has 1 rings (SSSR count). The Balaban J connectivity index is 2.42. The highest BCUT2D eigenvalue weighted by molar-refractivity contribution is 7.99. The largest absolute Gasteiger partial charge is 0.329 e. The van der Waals surface area contributed by atoms with E-state index in [1.165, 1.54) is 50.9 Å². The molecule has 2 unspecified atom stereocenters. The minimum Gasteiger partial charge on any atom is -0.329 e. The second-order valence-corrected chi connectivity index (χ2v) is 7.19. The van der Waals surface area contributed by atoms with Gasteiger partial charge in [-0.25, -0.2) is 0 Å². The zero-order valence-corrected chi connectivity index (χ0v) is 12.7. The zero-order valence-electron chi connectivity index (χ0n) is 11.9. The molecule has 0 aromatic rings. The number of hydrogen-bond donors (Lipinski definition) is 1. The zero-order chi connectivity index (χ0) is 12.7. The second-order valence-electron chi connectivity index (χ2n) is 5.64. The number of rotatable bonds is 7. The molecule has 1 heterocycles. The number of nitrogens with zero attached hydrogens (tertiary/aromatic N) is 1. The lowest BCUT2D eigenvalue weighted by Gasteiger charge is -2.44. The third-order valence-corrected chi connectivity index (χ3v) is 5.15. The summed E-state index contributed by atoms with van der Waals surface area (Å²) in [6.45, 7) is 10.2. The van der Waals surface area contributed by atoms with E-state index in [2.05, 4.69) is 37.4 Å². The summed E-state index contributed by atoms with van der Waals surface area (Å²) in [7, 11) is 0. The molecule has 0 saturated carbocycles. The van der Waals surface area contributed by atoms with Gasteiger partial charge in [0.05, 0.1) is 0 Å². The molecule has 0 aromatic carbocycles. The van der Waals surface area contributed by atoms with Crippen LogP contribution in [0.4, 0.5) is 0 Å². The van der Waals surface area contributed by atoms with E-state index in [4.69, 9.17) is 5.73 Å². The molecule has 1 aliphatic rings. The fraction of sp³-hybridized carbons (Fsp3) is 1.00. The maximum Gasteiger partial charge on any atom is 0.0304 e. The molecule has 2 nitrogen and oxygen atoms in total. The van der Waals surface area contributed by atoms with Crippen LogP contribution >= 0.6 is 11.8 Å². The smallest absolute Gasteiger partial charge is 0.0304 e. The molecule has 3 heteroatoms. The number of unbranched alkanes of at least 4 members (excludes halogenated alkanes) is 3. The van der Waals surface area contributed by atoms with Crippen LogP contribution in [-0.4, -0.2) is 41.1 Å². The Morgan fingerprint density at radius 2 is 2.12 bits per heavy atom. The van der Waals surface area contributed by atoms with Crippen LogP contribution in [-0.2, 0) is 0 Å². The van der Waals surface area contributed by atoms with Crippen molar-refractivity contribution in [2.45, 2.75) is 63.7 Å². The Labute approximate surface area is 112 Å². The van der Waals surface area contributed by atoms with Gasteiger partial charge in [-0.15, -0.1) is 0 Å². The van der Waals surface area contributed by atoms with Gasteiger partial charge in [-0.05, 0) is 13.3 Å². The number of nitrogens with two attached hydrogens (primary N) is 1. The third-order valence-electron chi connectivity index (χ3n) is 4.01. The van der Waals surface area contributed by atoms with Crippen molar-refractivity contribution in [3.05, 3.63) is 0 Å². The minimum absolute atomic E-state index is 0.239. The van der Waals surface area contributed by atoms with Crippen molar-refractivity contribution < 1.29 is 0 Å². The summed E-state index contributed by atoms with van der Waals surface area (Å²) in [6.07, 6.45) is 6.65. The standard InChI is InChI=1S/C14H30N2S/c1-4-5-6-7-8-14(3,12-15)16-9-10-17-13(2)11-16/h13H,4-12,15H2,1-3H3. The van der Waals surface area contributed by atoms with Gasteiger partial charge >= 0.3 is 0 Å². The maximum atomic E-state index is 6.05. The van der Waals surface area contributed by atoms with Gasteiger partial charge in [0, 0.05) is 36.2 Å². The molecule has 0 amide bonds. The Kier molecular flexibility index (Phi) is 6.90. The number of thioether (sulfide) groups is 1. The van der Waals surface area contributed by atoms with Gasteiger partial charge in [0.2, 0.25) is 0 Å². The molecule has 2 atom stereocenters. The first-order valence-corrected chi connectivity index (χ1v) is 8.24. The van der Waals surface area contributed by atoms with Crippen LogP contribution in [0.3, 0.4) is 0 Å². The summed E-state index contributed by atoms with van der Waals surface area (Å²) in [6, 6.07) is 0. The molecule has 0 aliphatic carbocycles. The van der Waals surface area contributed by atoms with Crippen LogP contribution in [0.5, 0.6) is 0 Å². The van der Waals surface area contributed by atoms with Gasteiger partial charge in [-0.3, -0.25) is 4.90 Å². The van der Waals surface area contributed by atoms with E-state index in [1.807, 2.05) is 0 Å². The quantitative estimate of drug-likeness (QED) is 0.712. The van der Waals surface area contributed by atoms with Crippen molar-refractivity contribution in [2.75, 3.05) is 25.4 Å². The van der Waals surface area contributed by atoms with Gasteiger partial charge in [0.1, 0.15) is 0 Å². The van der Waals surface area contributed by atoms with E-state index >= 15 is 0 Å². The molecule has 102 valence electrons. The van der Waals surface area contributed by atoms with E-state index in [9.17, 15) is 0 Å². The molecule has 0 aromatic heterocycles. The summed E-state index contributed by atoms with van der Waals surface area (Å²) in [5, 5.41) is 0.769. The molecule has 0 radical (unpaired) electrons. The fourth-order valence-electron chi connectivity index (χ4n) is 2.63. The van der Waals surface area contributed by atoms with Crippen molar-refractivity contribution in [1.82, 2.24) is 4.90 Å². The van der Waals surface area contributed by atoms with E-state index in [-0.39, 0.29) is 5.54 Å². The van der Waals surface area contributed by atoms with Crippen molar-refractivity contribution in [2.24, 2.45) is 5.73 Å². The lowest BCUT2D eigenvalue weighted by molar-refractivity contribution is 0.104. The molecule has 1 aliphatic heterocycles. The average molecular weight is 258 g/mol. The fourth-order valence-corrected chi connectivity index (χ4v) is 3.64. The van der Waals surface area contributed by atoms with Gasteiger partial charge < -0.3 is 5.73 Å². The van der Waals surface area contributed by atoms with Crippen molar-refractivity contribution >= 4 is 11.8 Å². The average Bonchev–Trinajstić information content (AvgIpc) is 2.34. The lowest BCUT2D eigenvalue weighted by atomic mass is 9.91. The Morgan fingerprint density at radius 3 is 2.71 bits per heavy atom. The van der Waals surface area contributed by atoms with E-state index in [0.29, 0.717) is 0 Å². The van der Waals surface area contributed by atoms with Gasteiger partial charge in [0.25, 0.3) is 0 Å². The SMILES string of the molecule is CCCCCCC(C)(CN)N1CCSC(C)C1. The molecule has 2 N–H and O–H groups in total. The monoisotopic (exact) mass is 258 g/mol. The molecule has 1 fully saturated rings. The topological polar surface area (TPSA) is 29.3 Å². The van der Waals surface area contributed by atoms with Crippen LogP contribution in [0.15, 0.2) is 0 Å². The Hall–Kier alpha value is 0.270. The highest BCUT2D eigenvalue weighted by atomic mass is 32.2. The van der Waals surface area contributed by atoms with Gasteiger partial charge in [0.15, 0.2) is 0 Å². The first-order valence-electron chi connectivity index (χ1n) is 7.19. The van der Waals surface area contributed by atoms with Gasteiger partial charge in [-0.1, -0.05) is 39.5 Å². The molecule has 0 bridgehead atoms. The lowest BCUT2D eigenvalue weighted by Crippen LogP contribution is -2.55. The summed E-state index contributed by atoms with van der Waals surface area (Å²) < 4.78 is 0. The van der Waals surface area contributed by atoms with Crippen LogP contribution in [0.2, 0.25) is 0 Å². The predicted octanol–water partition coefficient (Wildman–Crippen LogP) is 3.11. The highest BCUT2D eigenvalue weighted by Gasteiger charge is 2.32. The number of hydrogen-bond acceptors (Lipinski definition) is 3. The van der Waals surface area contributed by atoms with Gasteiger partial charge in [-0.2, -0.15) is 11.8 Å². The molecule has 1 saturated heterocycles. The Morgan fingerprint density at radius 1 is 1.35 bits per heavy atom. The summed E-state index contributed by atoms with van der Waals surface area (Å²) >= 11 is 2.10. The minimum atomic E-state index is 0.239. The summed E-state index contributed by atoms with van der Waals surface area (Å²) in [4.78, 5) is 2.64. The third kappa shape index (κ3) is 4.80. The molecule has 0 spiro atoms.